The molecule has 0 aliphatic heterocycles. The van der Waals surface area contributed by atoms with Crippen molar-refractivity contribution in [2.45, 2.75) is 130 Å². The lowest BCUT2D eigenvalue weighted by molar-refractivity contribution is 0.167. The molecule has 1 aromatic carbocycles. The quantitative estimate of drug-likeness (QED) is 0.217. The van der Waals surface area contributed by atoms with Crippen LogP contribution in [0.15, 0.2) is 78.1 Å². The Bertz CT molecular complexity index is 967. The fraction of sp³-hybridized carbons (Fsp3) is 0.632. The molecular formula is C38H57N. The molecule has 2 atom stereocenters. The van der Waals surface area contributed by atoms with Gasteiger partial charge < -0.3 is 4.90 Å². The van der Waals surface area contributed by atoms with Crippen LogP contribution in [0.25, 0.3) is 0 Å². The van der Waals surface area contributed by atoms with Crippen molar-refractivity contribution in [1.29, 1.82) is 0 Å². The highest BCUT2D eigenvalue weighted by Crippen LogP contribution is 2.48. The van der Waals surface area contributed by atoms with Crippen LogP contribution in [0, 0.1) is 23.7 Å². The fourth-order valence-electron chi connectivity index (χ4n) is 8.15. The first kappa shape index (κ1) is 30.0. The minimum atomic E-state index is 0.189. The van der Waals surface area contributed by atoms with E-state index in [1.54, 1.807) is 5.57 Å². The van der Waals surface area contributed by atoms with Crippen molar-refractivity contribution >= 4 is 5.69 Å². The first-order valence-corrected chi connectivity index (χ1v) is 16.8. The smallest absolute Gasteiger partial charge is 0.0471 e. The third-order valence-electron chi connectivity index (χ3n) is 10.5. The summed E-state index contributed by atoms with van der Waals surface area (Å²) in [5, 5.41) is 0. The number of para-hydroxylation sites is 1. The van der Waals surface area contributed by atoms with E-state index < -0.39 is 0 Å². The summed E-state index contributed by atoms with van der Waals surface area (Å²) in [6, 6.07) is 11.3. The van der Waals surface area contributed by atoms with E-state index in [0.29, 0.717) is 0 Å². The molecule has 0 spiro atoms. The van der Waals surface area contributed by atoms with Crippen LogP contribution in [0.5, 0.6) is 0 Å². The Morgan fingerprint density at radius 3 is 2.23 bits per heavy atom. The highest BCUT2D eigenvalue weighted by Gasteiger charge is 2.44. The van der Waals surface area contributed by atoms with Crippen molar-refractivity contribution in [3.8, 4) is 0 Å². The van der Waals surface area contributed by atoms with Gasteiger partial charge in [-0.25, -0.2) is 0 Å². The number of unbranched alkanes of at least 4 members (excludes halogenated alkanes) is 4. The van der Waals surface area contributed by atoms with E-state index >= 15 is 0 Å². The zero-order chi connectivity index (χ0) is 27.5. The molecule has 1 fully saturated rings. The van der Waals surface area contributed by atoms with Gasteiger partial charge in [-0.05, 0) is 112 Å². The van der Waals surface area contributed by atoms with Crippen molar-refractivity contribution in [1.82, 2.24) is 0 Å². The first-order chi connectivity index (χ1) is 19.2. The molecule has 3 aliphatic carbocycles. The van der Waals surface area contributed by atoms with Crippen LogP contribution < -0.4 is 4.90 Å². The summed E-state index contributed by atoms with van der Waals surface area (Å²) in [7, 11) is 0. The highest BCUT2D eigenvalue weighted by molar-refractivity contribution is 5.56. The standard InChI is InChI=1S/C38H57N/c1-5-9-10-11-14-19-33-30-34(25-24-31(33)6-2)32-26-28-35(29-27-32)38(7-3,8-4)39(36-20-15-12-16-21-36)37-22-17-13-18-23-37/h12-13,15-17,20-22,24-25,30-33,35H,5-11,14,18-19,23,26-29H2,1-4H3. The minimum absolute atomic E-state index is 0.189. The van der Waals surface area contributed by atoms with Crippen LogP contribution in [-0.4, -0.2) is 5.54 Å². The third kappa shape index (κ3) is 7.20. The molecule has 1 nitrogen and oxygen atoms in total. The zero-order valence-corrected chi connectivity index (χ0v) is 25.7. The van der Waals surface area contributed by atoms with Gasteiger partial charge in [0.05, 0.1) is 0 Å². The number of allylic oxidation sites excluding steroid dienone is 8. The van der Waals surface area contributed by atoms with Crippen LogP contribution in [-0.2, 0) is 0 Å². The van der Waals surface area contributed by atoms with Gasteiger partial charge in [0.25, 0.3) is 0 Å². The molecule has 0 N–H and O–H groups in total. The van der Waals surface area contributed by atoms with E-state index in [4.69, 9.17) is 0 Å². The first-order valence-electron chi connectivity index (χ1n) is 16.8. The van der Waals surface area contributed by atoms with Gasteiger partial charge in [-0.2, -0.15) is 0 Å². The number of hydrogen-bond donors (Lipinski definition) is 0. The average molecular weight is 528 g/mol. The SMILES string of the molecule is CCCCCCCC1C=C(C2CCC(C(CC)(CC)N(C3=CC=CCC3)c3ccccc3)CC2)C=CC1CC. The molecule has 4 rings (SSSR count). The second kappa shape index (κ2) is 15.1. The third-order valence-corrected chi connectivity index (χ3v) is 10.5. The average Bonchev–Trinajstić information content (AvgIpc) is 3.00. The van der Waals surface area contributed by atoms with Gasteiger partial charge in [-0.15, -0.1) is 0 Å². The lowest BCUT2D eigenvalue weighted by Gasteiger charge is -2.53. The van der Waals surface area contributed by atoms with Crippen molar-refractivity contribution in [2.75, 3.05) is 4.90 Å². The number of nitrogens with zero attached hydrogens (tertiary/aromatic N) is 1. The molecular weight excluding hydrogens is 470 g/mol. The Balaban J connectivity index is 1.48. The predicted octanol–water partition coefficient (Wildman–Crippen LogP) is 11.6. The van der Waals surface area contributed by atoms with Crippen LogP contribution in [0.3, 0.4) is 0 Å². The monoisotopic (exact) mass is 527 g/mol. The molecule has 0 heterocycles. The fourth-order valence-corrected chi connectivity index (χ4v) is 8.15. The van der Waals surface area contributed by atoms with Gasteiger partial charge in [0.2, 0.25) is 0 Å². The summed E-state index contributed by atoms with van der Waals surface area (Å²) in [6.07, 6.45) is 34.6. The van der Waals surface area contributed by atoms with Crippen molar-refractivity contribution < 1.29 is 0 Å². The summed E-state index contributed by atoms with van der Waals surface area (Å²) >= 11 is 0. The number of benzene rings is 1. The van der Waals surface area contributed by atoms with Gasteiger partial charge >= 0.3 is 0 Å². The van der Waals surface area contributed by atoms with E-state index in [1.807, 2.05) is 0 Å². The number of hydrogen-bond acceptors (Lipinski definition) is 1. The molecule has 0 amide bonds. The van der Waals surface area contributed by atoms with Gasteiger partial charge in [0.1, 0.15) is 0 Å². The summed E-state index contributed by atoms with van der Waals surface area (Å²) < 4.78 is 0. The van der Waals surface area contributed by atoms with E-state index in [2.05, 4.69) is 99.4 Å². The summed E-state index contributed by atoms with van der Waals surface area (Å²) in [5.74, 6) is 3.01. The summed E-state index contributed by atoms with van der Waals surface area (Å²) in [4.78, 5) is 2.79. The molecule has 1 saturated carbocycles. The molecule has 0 bridgehead atoms. The number of rotatable bonds is 14. The van der Waals surface area contributed by atoms with Crippen molar-refractivity contribution in [3.05, 3.63) is 78.1 Å². The van der Waals surface area contributed by atoms with Gasteiger partial charge in [-0.3, -0.25) is 0 Å². The van der Waals surface area contributed by atoms with E-state index in [0.717, 1.165) is 36.5 Å². The maximum atomic E-state index is 2.79. The lowest BCUT2D eigenvalue weighted by Crippen LogP contribution is -2.54. The van der Waals surface area contributed by atoms with Crippen molar-refractivity contribution in [2.24, 2.45) is 23.7 Å². The van der Waals surface area contributed by atoms with E-state index in [1.165, 1.54) is 94.9 Å². The van der Waals surface area contributed by atoms with E-state index in [9.17, 15) is 0 Å². The Kier molecular flexibility index (Phi) is 11.6. The topological polar surface area (TPSA) is 3.24 Å². The molecule has 0 radical (unpaired) electrons. The molecule has 39 heavy (non-hydrogen) atoms. The Hall–Kier alpha value is -2.02. The Morgan fingerprint density at radius 2 is 1.59 bits per heavy atom. The van der Waals surface area contributed by atoms with Gasteiger partial charge in [-0.1, -0.05) is 108 Å². The Morgan fingerprint density at radius 1 is 0.846 bits per heavy atom. The van der Waals surface area contributed by atoms with Gasteiger partial charge in [0, 0.05) is 16.9 Å². The molecule has 1 heteroatoms. The minimum Gasteiger partial charge on any atom is -0.339 e. The Labute approximate surface area is 241 Å². The predicted molar refractivity (Wildman–Crippen MR) is 172 cm³/mol. The normalized spacial score (nSPS) is 25.3. The molecule has 0 aromatic heterocycles. The van der Waals surface area contributed by atoms with Crippen LogP contribution >= 0.6 is 0 Å². The van der Waals surface area contributed by atoms with E-state index in [-0.39, 0.29) is 5.54 Å². The molecule has 1 aromatic rings. The second-order valence-corrected chi connectivity index (χ2v) is 12.6. The number of anilines is 1. The lowest BCUT2D eigenvalue weighted by atomic mass is 9.66. The van der Waals surface area contributed by atoms with Crippen LogP contribution in [0.1, 0.15) is 124 Å². The van der Waals surface area contributed by atoms with Gasteiger partial charge in [0.15, 0.2) is 0 Å². The van der Waals surface area contributed by atoms with Crippen molar-refractivity contribution in [3.63, 3.8) is 0 Å². The maximum Gasteiger partial charge on any atom is 0.0471 e. The van der Waals surface area contributed by atoms with Crippen LogP contribution in [0.2, 0.25) is 0 Å². The maximum absolute atomic E-state index is 2.79. The second-order valence-electron chi connectivity index (χ2n) is 12.6. The molecule has 0 saturated heterocycles. The highest BCUT2D eigenvalue weighted by atomic mass is 15.2. The summed E-state index contributed by atoms with van der Waals surface area (Å²) in [5.41, 5.74) is 4.76. The molecule has 2 unspecified atom stereocenters. The summed E-state index contributed by atoms with van der Waals surface area (Å²) in [6.45, 7) is 9.60. The zero-order valence-electron chi connectivity index (χ0n) is 25.7. The molecule has 214 valence electrons. The molecule has 3 aliphatic rings. The largest absolute Gasteiger partial charge is 0.339 e. The van der Waals surface area contributed by atoms with Crippen LogP contribution in [0.4, 0.5) is 5.69 Å².